The number of hydrogen-bond acceptors (Lipinski definition) is 3. The summed E-state index contributed by atoms with van der Waals surface area (Å²) in [6.07, 6.45) is 7.24. The van der Waals surface area contributed by atoms with Gasteiger partial charge in [-0.25, -0.2) is 4.68 Å². The van der Waals surface area contributed by atoms with Crippen molar-refractivity contribution < 1.29 is 4.79 Å². The SMILES string of the molecule is CC(C1CCC1)n1nnc(C(N)=O)c1CC1CC1. The summed E-state index contributed by atoms with van der Waals surface area (Å²) in [7, 11) is 0. The monoisotopic (exact) mass is 248 g/mol. The third kappa shape index (κ3) is 2.02. The highest BCUT2D eigenvalue weighted by Crippen LogP contribution is 2.38. The van der Waals surface area contributed by atoms with Gasteiger partial charge in [0.25, 0.3) is 5.91 Å². The van der Waals surface area contributed by atoms with Crippen LogP contribution in [0.15, 0.2) is 0 Å². The second-order valence-corrected chi connectivity index (χ2v) is 5.77. The number of hydrogen-bond donors (Lipinski definition) is 1. The maximum atomic E-state index is 11.4. The minimum absolute atomic E-state index is 0.341. The normalized spacial score (nSPS) is 21.6. The lowest BCUT2D eigenvalue weighted by Crippen LogP contribution is -2.26. The summed E-state index contributed by atoms with van der Waals surface area (Å²) in [5.41, 5.74) is 6.74. The molecule has 1 heterocycles. The summed E-state index contributed by atoms with van der Waals surface area (Å²) in [6.45, 7) is 2.18. The highest BCUT2D eigenvalue weighted by molar-refractivity contribution is 5.91. The van der Waals surface area contributed by atoms with Gasteiger partial charge in [0, 0.05) is 0 Å². The first kappa shape index (κ1) is 11.7. The number of primary amides is 1. The Bertz CT molecular complexity index is 460. The highest BCUT2D eigenvalue weighted by Gasteiger charge is 2.32. The maximum absolute atomic E-state index is 11.4. The molecule has 5 heteroatoms. The Morgan fingerprint density at radius 2 is 2.17 bits per heavy atom. The molecule has 1 aromatic rings. The molecule has 2 N–H and O–H groups in total. The first-order valence-electron chi connectivity index (χ1n) is 6.90. The highest BCUT2D eigenvalue weighted by atomic mass is 16.1. The molecule has 18 heavy (non-hydrogen) atoms. The van der Waals surface area contributed by atoms with Gasteiger partial charge in [-0.05, 0) is 50.9 Å². The Morgan fingerprint density at radius 3 is 2.67 bits per heavy atom. The molecule has 0 aliphatic heterocycles. The largest absolute Gasteiger partial charge is 0.364 e. The molecular weight excluding hydrogens is 228 g/mol. The molecule has 0 saturated heterocycles. The predicted octanol–water partition coefficient (Wildman–Crippen LogP) is 1.69. The Balaban J connectivity index is 1.88. The molecule has 5 nitrogen and oxygen atoms in total. The van der Waals surface area contributed by atoms with E-state index >= 15 is 0 Å². The van der Waals surface area contributed by atoms with Crippen molar-refractivity contribution in [2.75, 3.05) is 0 Å². The van der Waals surface area contributed by atoms with E-state index in [2.05, 4.69) is 17.2 Å². The van der Waals surface area contributed by atoms with Crippen LogP contribution in [0.25, 0.3) is 0 Å². The summed E-state index contributed by atoms with van der Waals surface area (Å²) >= 11 is 0. The molecule has 0 bridgehead atoms. The average molecular weight is 248 g/mol. The zero-order valence-corrected chi connectivity index (χ0v) is 10.8. The van der Waals surface area contributed by atoms with Gasteiger partial charge in [0.05, 0.1) is 11.7 Å². The number of carbonyl (C=O) groups excluding carboxylic acids is 1. The van der Waals surface area contributed by atoms with E-state index in [-0.39, 0.29) is 0 Å². The van der Waals surface area contributed by atoms with E-state index < -0.39 is 5.91 Å². The Labute approximate surface area is 107 Å². The van der Waals surface area contributed by atoms with Crippen LogP contribution in [0.4, 0.5) is 0 Å². The predicted molar refractivity (Wildman–Crippen MR) is 67.0 cm³/mol. The van der Waals surface area contributed by atoms with E-state index in [9.17, 15) is 4.79 Å². The van der Waals surface area contributed by atoms with Crippen LogP contribution in [0.5, 0.6) is 0 Å². The molecule has 2 aliphatic rings. The van der Waals surface area contributed by atoms with Crippen molar-refractivity contribution in [2.45, 2.75) is 51.5 Å². The van der Waals surface area contributed by atoms with E-state index in [1.807, 2.05) is 4.68 Å². The summed E-state index contributed by atoms with van der Waals surface area (Å²) < 4.78 is 1.96. The topological polar surface area (TPSA) is 73.8 Å². The van der Waals surface area contributed by atoms with Gasteiger partial charge >= 0.3 is 0 Å². The minimum atomic E-state index is -0.447. The molecule has 2 aliphatic carbocycles. The van der Waals surface area contributed by atoms with Gasteiger partial charge < -0.3 is 5.73 Å². The van der Waals surface area contributed by atoms with E-state index in [1.165, 1.54) is 32.1 Å². The van der Waals surface area contributed by atoms with Crippen LogP contribution in [0.1, 0.15) is 61.3 Å². The van der Waals surface area contributed by atoms with Gasteiger partial charge in [0.15, 0.2) is 5.69 Å². The molecule has 2 fully saturated rings. The molecule has 0 spiro atoms. The second-order valence-electron chi connectivity index (χ2n) is 5.77. The van der Waals surface area contributed by atoms with Crippen LogP contribution in [-0.4, -0.2) is 20.9 Å². The summed E-state index contributed by atoms with van der Waals surface area (Å²) in [4.78, 5) is 11.4. The van der Waals surface area contributed by atoms with Crippen molar-refractivity contribution in [1.82, 2.24) is 15.0 Å². The molecule has 2 saturated carbocycles. The van der Waals surface area contributed by atoms with Gasteiger partial charge in [0.2, 0.25) is 0 Å². The fourth-order valence-electron chi connectivity index (χ4n) is 2.74. The molecule has 0 aromatic carbocycles. The van der Waals surface area contributed by atoms with E-state index in [1.54, 1.807) is 0 Å². The van der Waals surface area contributed by atoms with Gasteiger partial charge in [-0.15, -0.1) is 5.10 Å². The molecule has 3 rings (SSSR count). The van der Waals surface area contributed by atoms with Gasteiger partial charge in [-0.2, -0.15) is 0 Å². The van der Waals surface area contributed by atoms with Crippen LogP contribution in [0.2, 0.25) is 0 Å². The van der Waals surface area contributed by atoms with Crippen LogP contribution in [0, 0.1) is 11.8 Å². The van der Waals surface area contributed by atoms with E-state index in [4.69, 9.17) is 5.73 Å². The third-order valence-electron chi connectivity index (χ3n) is 4.42. The maximum Gasteiger partial charge on any atom is 0.271 e. The number of nitrogens with two attached hydrogens (primary N) is 1. The van der Waals surface area contributed by atoms with Crippen molar-refractivity contribution in [1.29, 1.82) is 0 Å². The van der Waals surface area contributed by atoms with Crippen LogP contribution < -0.4 is 5.73 Å². The zero-order valence-electron chi connectivity index (χ0n) is 10.8. The zero-order chi connectivity index (χ0) is 12.7. The standard InChI is InChI=1S/C13H20N4O/c1-8(10-3-2-4-10)17-11(7-9-5-6-9)12(13(14)18)15-16-17/h8-10H,2-7H2,1H3,(H2,14,18). The second kappa shape index (κ2) is 4.37. The van der Waals surface area contributed by atoms with Crippen LogP contribution in [0.3, 0.4) is 0 Å². The Morgan fingerprint density at radius 1 is 1.44 bits per heavy atom. The third-order valence-corrected chi connectivity index (χ3v) is 4.42. The van der Waals surface area contributed by atoms with Crippen LogP contribution >= 0.6 is 0 Å². The summed E-state index contributed by atoms with van der Waals surface area (Å²) in [5.74, 6) is 0.942. The minimum Gasteiger partial charge on any atom is -0.364 e. The molecule has 98 valence electrons. The lowest BCUT2D eigenvalue weighted by Gasteiger charge is -2.32. The summed E-state index contributed by atoms with van der Waals surface area (Å²) in [6, 6.07) is 0.341. The van der Waals surface area contributed by atoms with Crippen molar-refractivity contribution >= 4 is 5.91 Å². The fraction of sp³-hybridized carbons (Fsp3) is 0.769. The summed E-state index contributed by atoms with van der Waals surface area (Å²) in [5, 5.41) is 8.18. The first-order chi connectivity index (χ1) is 8.66. The average Bonchev–Trinajstić information content (AvgIpc) is 2.93. The number of rotatable bonds is 5. The van der Waals surface area contributed by atoms with Gasteiger partial charge in [-0.1, -0.05) is 11.6 Å². The van der Waals surface area contributed by atoms with Gasteiger partial charge in [-0.3, -0.25) is 4.79 Å². The van der Waals surface area contributed by atoms with E-state index in [0.29, 0.717) is 23.6 Å². The molecule has 0 radical (unpaired) electrons. The lowest BCUT2D eigenvalue weighted by atomic mass is 9.80. The molecule has 1 atom stereocenters. The quantitative estimate of drug-likeness (QED) is 0.861. The Kier molecular flexibility index (Phi) is 2.84. The molecule has 1 aromatic heterocycles. The van der Waals surface area contributed by atoms with Crippen molar-refractivity contribution in [3.8, 4) is 0 Å². The number of carbonyl (C=O) groups is 1. The number of aromatic nitrogens is 3. The lowest BCUT2D eigenvalue weighted by molar-refractivity contribution is 0.0994. The van der Waals surface area contributed by atoms with Crippen LogP contribution in [-0.2, 0) is 6.42 Å². The Hall–Kier alpha value is -1.39. The molecular formula is C13H20N4O. The van der Waals surface area contributed by atoms with Crippen molar-refractivity contribution in [2.24, 2.45) is 17.6 Å². The van der Waals surface area contributed by atoms with Crippen molar-refractivity contribution in [3.05, 3.63) is 11.4 Å². The van der Waals surface area contributed by atoms with E-state index in [0.717, 1.165) is 12.1 Å². The molecule has 1 amide bonds. The first-order valence-corrected chi connectivity index (χ1v) is 6.90. The van der Waals surface area contributed by atoms with Gasteiger partial charge in [0.1, 0.15) is 0 Å². The smallest absolute Gasteiger partial charge is 0.271 e. The molecule has 1 unspecified atom stereocenters. The number of nitrogens with zero attached hydrogens (tertiary/aromatic N) is 3. The van der Waals surface area contributed by atoms with Crippen molar-refractivity contribution in [3.63, 3.8) is 0 Å². The number of amides is 1. The fourth-order valence-corrected chi connectivity index (χ4v) is 2.74.